The van der Waals surface area contributed by atoms with Crippen LogP contribution in [-0.2, 0) is 6.54 Å². The highest BCUT2D eigenvalue weighted by molar-refractivity contribution is 7.08. The summed E-state index contributed by atoms with van der Waals surface area (Å²) in [6.07, 6.45) is -3.13. The molecule has 0 aliphatic rings. The monoisotopic (exact) mass is 251 g/mol. The highest BCUT2D eigenvalue weighted by Gasteiger charge is 2.26. The zero-order valence-corrected chi connectivity index (χ0v) is 10.2. The summed E-state index contributed by atoms with van der Waals surface area (Å²) >= 11 is 1.55. The average molecular weight is 251 g/mol. The van der Waals surface area contributed by atoms with Crippen molar-refractivity contribution in [3.8, 4) is 0 Å². The van der Waals surface area contributed by atoms with E-state index in [4.69, 9.17) is 0 Å². The Balaban J connectivity index is 2.51. The Morgan fingerprint density at radius 1 is 1.38 bits per heavy atom. The Kier molecular flexibility index (Phi) is 4.80. The molecular formula is C11H16F3NS. The maximum Gasteiger partial charge on any atom is 0.401 e. The van der Waals surface area contributed by atoms with Crippen LogP contribution in [0.3, 0.4) is 0 Å². The highest BCUT2D eigenvalue weighted by Crippen LogP contribution is 2.26. The zero-order chi connectivity index (χ0) is 12.2. The molecule has 0 saturated heterocycles. The fourth-order valence-corrected chi connectivity index (χ4v) is 2.45. The number of nitrogens with one attached hydrogen (secondary N) is 1. The molecule has 5 heteroatoms. The maximum absolute atomic E-state index is 11.9. The zero-order valence-electron chi connectivity index (χ0n) is 9.40. The Hall–Kier alpha value is -0.550. The van der Waals surface area contributed by atoms with Crippen molar-refractivity contribution >= 4 is 11.3 Å². The van der Waals surface area contributed by atoms with Gasteiger partial charge in [-0.05, 0) is 34.2 Å². The van der Waals surface area contributed by atoms with E-state index in [-0.39, 0.29) is 0 Å². The number of thiophene rings is 1. The van der Waals surface area contributed by atoms with Gasteiger partial charge in [0.25, 0.3) is 0 Å². The highest BCUT2D eigenvalue weighted by atomic mass is 32.1. The third kappa shape index (κ3) is 4.14. The molecule has 0 radical (unpaired) electrons. The van der Waals surface area contributed by atoms with Crippen molar-refractivity contribution in [2.45, 2.75) is 38.9 Å². The van der Waals surface area contributed by atoms with Crippen molar-refractivity contribution in [1.82, 2.24) is 5.32 Å². The van der Waals surface area contributed by atoms with E-state index in [0.29, 0.717) is 12.5 Å². The van der Waals surface area contributed by atoms with E-state index in [1.165, 1.54) is 5.56 Å². The number of halogens is 3. The lowest BCUT2D eigenvalue weighted by molar-refractivity contribution is -0.125. The van der Waals surface area contributed by atoms with E-state index in [2.05, 4.69) is 19.2 Å². The van der Waals surface area contributed by atoms with Gasteiger partial charge in [0.05, 0.1) is 6.54 Å². The average Bonchev–Trinajstić information content (AvgIpc) is 2.63. The van der Waals surface area contributed by atoms with Crippen LogP contribution in [0.1, 0.15) is 37.3 Å². The second-order valence-electron chi connectivity index (χ2n) is 3.88. The Labute approximate surface area is 97.7 Å². The van der Waals surface area contributed by atoms with E-state index in [0.717, 1.165) is 12.0 Å². The molecule has 1 atom stereocenters. The second kappa shape index (κ2) is 5.68. The Morgan fingerprint density at radius 2 is 2.06 bits per heavy atom. The number of hydrogen-bond donors (Lipinski definition) is 1. The Bertz CT molecular complexity index is 319. The van der Waals surface area contributed by atoms with Crippen molar-refractivity contribution in [1.29, 1.82) is 0 Å². The molecule has 0 fully saturated rings. The molecule has 1 rings (SSSR count). The van der Waals surface area contributed by atoms with Crippen LogP contribution in [0.4, 0.5) is 13.2 Å². The number of rotatable bonds is 5. The number of alkyl halides is 3. The quantitative estimate of drug-likeness (QED) is 0.836. The molecule has 0 spiro atoms. The van der Waals surface area contributed by atoms with Crippen molar-refractivity contribution in [3.05, 3.63) is 21.9 Å². The summed E-state index contributed by atoms with van der Waals surface area (Å²) in [5.41, 5.74) is 2.16. The van der Waals surface area contributed by atoms with Gasteiger partial charge in [0.1, 0.15) is 0 Å². The lowest BCUT2D eigenvalue weighted by atomic mass is 9.98. The number of hydrogen-bond acceptors (Lipinski definition) is 2. The van der Waals surface area contributed by atoms with Crippen LogP contribution in [0, 0.1) is 0 Å². The van der Waals surface area contributed by atoms with Gasteiger partial charge in [-0.25, -0.2) is 0 Å². The molecule has 0 saturated carbocycles. The minimum atomic E-state index is -4.13. The summed E-state index contributed by atoms with van der Waals surface area (Å²) in [5.74, 6) is 0.411. The van der Waals surface area contributed by atoms with Gasteiger partial charge in [-0.3, -0.25) is 0 Å². The molecule has 16 heavy (non-hydrogen) atoms. The smallest absolute Gasteiger partial charge is 0.305 e. The molecule has 0 aromatic carbocycles. The minimum Gasteiger partial charge on any atom is -0.305 e. The van der Waals surface area contributed by atoms with E-state index < -0.39 is 12.7 Å². The van der Waals surface area contributed by atoms with Gasteiger partial charge in [-0.15, -0.1) is 0 Å². The second-order valence-corrected chi connectivity index (χ2v) is 4.62. The molecule has 0 amide bonds. The van der Waals surface area contributed by atoms with Crippen molar-refractivity contribution < 1.29 is 13.2 Å². The van der Waals surface area contributed by atoms with E-state index in [9.17, 15) is 13.2 Å². The first-order chi connectivity index (χ1) is 7.44. The van der Waals surface area contributed by atoms with Crippen LogP contribution in [0.15, 0.2) is 10.8 Å². The largest absolute Gasteiger partial charge is 0.401 e. The summed E-state index contributed by atoms with van der Waals surface area (Å²) in [7, 11) is 0. The first kappa shape index (κ1) is 13.5. The molecule has 1 nitrogen and oxygen atoms in total. The summed E-state index contributed by atoms with van der Waals surface area (Å²) in [6.45, 7) is 3.54. The van der Waals surface area contributed by atoms with Crippen LogP contribution in [0.5, 0.6) is 0 Å². The molecule has 0 bridgehead atoms. The van der Waals surface area contributed by atoms with E-state index in [1.807, 2.05) is 10.8 Å². The van der Waals surface area contributed by atoms with E-state index in [1.54, 1.807) is 11.3 Å². The van der Waals surface area contributed by atoms with Crippen LogP contribution < -0.4 is 5.32 Å². The van der Waals surface area contributed by atoms with Crippen LogP contribution in [-0.4, -0.2) is 12.7 Å². The maximum atomic E-state index is 11.9. The van der Waals surface area contributed by atoms with Crippen molar-refractivity contribution in [2.75, 3.05) is 6.54 Å². The summed E-state index contributed by atoms with van der Waals surface area (Å²) in [6, 6.07) is 0. The van der Waals surface area contributed by atoms with Crippen LogP contribution >= 0.6 is 11.3 Å². The van der Waals surface area contributed by atoms with Gasteiger partial charge in [-0.1, -0.05) is 13.8 Å². The fourth-order valence-electron chi connectivity index (χ4n) is 1.47. The summed E-state index contributed by atoms with van der Waals surface area (Å²) in [4.78, 5) is 0. The summed E-state index contributed by atoms with van der Waals surface area (Å²) < 4.78 is 35.8. The first-order valence-electron chi connectivity index (χ1n) is 5.26. The minimum absolute atomic E-state index is 0.294. The topological polar surface area (TPSA) is 12.0 Å². The SMILES string of the molecule is CCC(C)c1cscc1CNCC(F)(F)F. The molecule has 1 heterocycles. The van der Waals surface area contributed by atoms with Gasteiger partial charge in [0, 0.05) is 6.54 Å². The standard InChI is InChI=1S/C11H16F3NS/c1-3-8(2)10-6-16-5-9(10)4-15-7-11(12,13)14/h5-6,8,15H,3-4,7H2,1-2H3. The Morgan fingerprint density at radius 3 is 2.62 bits per heavy atom. The molecule has 1 unspecified atom stereocenters. The van der Waals surface area contributed by atoms with Crippen molar-refractivity contribution in [3.63, 3.8) is 0 Å². The predicted octanol–water partition coefficient (Wildman–Crippen LogP) is 3.91. The first-order valence-corrected chi connectivity index (χ1v) is 6.20. The molecule has 1 aromatic rings. The molecule has 92 valence electrons. The van der Waals surface area contributed by atoms with Gasteiger partial charge in [0.15, 0.2) is 0 Å². The van der Waals surface area contributed by atoms with Crippen LogP contribution in [0.2, 0.25) is 0 Å². The van der Waals surface area contributed by atoms with Crippen molar-refractivity contribution in [2.24, 2.45) is 0 Å². The molecular weight excluding hydrogens is 235 g/mol. The molecule has 0 aliphatic carbocycles. The van der Waals surface area contributed by atoms with Gasteiger partial charge in [-0.2, -0.15) is 24.5 Å². The summed E-state index contributed by atoms with van der Waals surface area (Å²) in [5, 5.41) is 6.38. The normalized spacial score (nSPS) is 14.1. The lowest BCUT2D eigenvalue weighted by Gasteiger charge is -2.12. The van der Waals surface area contributed by atoms with Gasteiger partial charge < -0.3 is 5.32 Å². The van der Waals surface area contributed by atoms with Gasteiger partial charge >= 0.3 is 6.18 Å². The van der Waals surface area contributed by atoms with Crippen LogP contribution in [0.25, 0.3) is 0 Å². The predicted molar refractivity (Wildman–Crippen MR) is 60.8 cm³/mol. The fraction of sp³-hybridized carbons (Fsp3) is 0.636. The molecule has 1 N–H and O–H groups in total. The van der Waals surface area contributed by atoms with Gasteiger partial charge in [0.2, 0.25) is 0 Å². The molecule has 0 aliphatic heterocycles. The lowest BCUT2D eigenvalue weighted by Crippen LogP contribution is -2.28. The molecule has 1 aromatic heterocycles. The third-order valence-corrected chi connectivity index (χ3v) is 3.37. The van der Waals surface area contributed by atoms with E-state index >= 15 is 0 Å². The third-order valence-electron chi connectivity index (χ3n) is 2.56.